The van der Waals surface area contributed by atoms with Crippen molar-refractivity contribution in [1.29, 1.82) is 0 Å². The van der Waals surface area contributed by atoms with Gasteiger partial charge in [-0.1, -0.05) is 72.8 Å². The molecule has 0 fully saturated rings. The van der Waals surface area contributed by atoms with Crippen molar-refractivity contribution in [3.05, 3.63) is 108 Å². The minimum absolute atomic E-state index is 0.0710. The van der Waals surface area contributed by atoms with Crippen molar-refractivity contribution in [1.82, 2.24) is 10.3 Å². The van der Waals surface area contributed by atoms with Crippen molar-refractivity contribution in [2.24, 2.45) is 0 Å². The molecule has 3 N–H and O–H groups in total. The van der Waals surface area contributed by atoms with Crippen molar-refractivity contribution in [2.75, 3.05) is 11.9 Å². The highest BCUT2D eigenvalue weighted by molar-refractivity contribution is 5.85. The summed E-state index contributed by atoms with van der Waals surface area (Å²) < 4.78 is 10.8. The molecule has 220 valence electrons. The maximum atomic E-state index is 12.7. The number of carbonyl (C=O) groups excluding carboxylic acids is 2. The normalized spacial score (nSPS) is 12.9. The predicted octanol–water partition coefficient (Wildman–Crippen LogP) is 6.63. The Balaban J connectivity index is 1.19. The summed E-state index contributed by atoms with van der Waals surface area (Å²) in [6, 6.07) is 25.6. The molecule has 3 aromatic carbocycles. The quantitative estimate of drug-likeness (QED) is 0.214. The highest BCUT2D eigenvalue weighted by Crippen LogP contribution is 2.44. The number of nitrogens with zero attached hydrogens (tertiary/aromatic N) is 1. The van der Waals surface area contributed by atoms with Crippen LogP contribution in [0.15, 0.2) is 91.1 Å². The van der Waals surface area contributed by atoms with Crippen molar-refractivity contribution >= 4 is 24.0 Å². The number of nitrogens with one attached hydrogen (secondary N) is 2. The summed E-state index contributed by atoms with van der Waals surface area (Å²) in [5.74, 6) is -0.944. The van der Waals surface area contributed by atoms with Gasteiger partial charge in [0.15, 0.2) is 0 Å². The maximum absolute atomic E-state index is 12.7. The summed E-state index contributed by atoms with van der Waals surface area (Å²) in [6.45, 7) is 5.43. The maximum Gasteiger partial charge on any atom is 0.413 e. The molecular weight excluding hydrogens is 546 g/mol. The molecule has 0 radical (unpaired) electrons. The van der Waals surface area contributed by atoms with Crippen LogP contribution in [0.2, 0.25) is 0 Å². The predicted molar refractivity (Wildman–Crippen MR) is 163 cm³/mol. The van der Waals surface area contributed by atoms with Crippen LogP contribution in [0, 0.1) is 0 Å². The molecule has 5 rings (SSSR count). The van der Waals surface area contributed by atoms with Gasteiger partial charge >= 0.3 is 18.2 Å². The number of pyridine rings is 1. The van der Waals surface area contributed by atoms with Gasteiger partial charge in [-0.05, 0) is 71.8 Å². The van der Waals surface area contributed by atoms with E-state index in [1.165, 1.54) is 0 Å². The van der Waals surface area contributed by atoms with E-state index in [1.807, 2.05) is 48.5 Å². The fourth-order valence-electron chi connectivity index (χ4n) is 5.14. The number of benzene rings is 3. The summed E-state index contributed by atoms with van der Waals surface area (Å²) in [5, 5.41) is 14.9. The molecule has 1 aliphatic rings. The highest BCUT2D eigenvalue weighted by atomic mass is 16.6. The first-order valence-corrected chi connectivity index (χ1v) is 14.0. The lowest BCUT2D eigenvalue weighted by molar-refractivity contribution is -0.139. The Morgan fingerprint density at radius 1 is 0.860 bits per heavy atom. The number of aliphatic carboxylic acids is 1. The zero-order valence-corrected chi connectivity index (χ0v) is 24.2. The van der Waals surface area contributed by atoms with Gasteiger partial charge < -0.3 is 19.9 Å². The average Bonchev–Trinajstić information content (AvgIpc) is 3.29. The van der Waals surface area contributed by atoms with E-state index in [-0.39, 0.29) is 18.9 Å². The van der Waals surface area contributed by atoms with Crippen molar-refractivity contribution in [3.63, 3.8) is 0 Å². The molecule has 0 spiro atoms. The molecule has 1 aliphatic carbocycles. The molecular formula is C34H33N3O6. The van der Waals surface area contributed by atoms with Gasteiger partial charge in [0.2, 0.25) is 0 Å². The van der Waals surface area contributed by atoms with E-state index >= 15 is 0 Å². The minimum atomic E-state index is -1.17. The lowest BCUT2D eigenvalue weighted by Crippen LogP contribution is -2.42. The second-order valence-electron chi connectivity index (χ2n) is 11.3. The van der Waals surface area contributed by atoms with Crippen molar-refractivity contribution in [3.8, 4) is 22.3 Å². The van der Waals surface area contributed by atoms with Crippen LogP contribution in [0.5, 0.6) is 0 Å². The molecule has 9 heteroatoms. The van der Waals surface area contributed by atoms with Gasteiger partial charge in [-0.3, -0.25) is 5.32 Å². The number of ether oxygens (including phenoxy) is 2. The molecule has 4 aromatic rings. The van der Waals surface area contributed by atoms with Gasteiger partial charge in [0, 0.05) is 18.5 Å². The van der Waals surface area contributed by atoms with Gasteiger partial charge in [0.1, 0.15) is 24.1 Å². The van der Waals surface area contributed by atoms with Gasteiger partial charge in [-0.15, -0.1) is 0 Å². The van der Waals surface area contributed by atoms with Crippen LogP contribution in [0.3, 0.4) is 0 Å². The van der Waals surface area contributed by atoms with Crippen LogP contribution in [-0.4, -0.2) is 46.5 Å². The molecule has 1 aromatic heterocycles. The van der Waals surface area contributed by atoms with E-state index in [1.54, 1.807) is 51.2 Å². The fraction of sp³-hybridized carbons (Fsp3) is 0.235. The fourth-order valence-corrected chi connectivity index (χ4v) is 5.14. The average molecular weight is 580 g/mol. The molecule has 0 bridgehead atoms. The summed E-state index contributed by atoms with van der Waals surface area (Å²) in [5.41, 5.74) is 6.11. The number of hydrogen-bond donors (Lipinski definition) is 3. The second-order valence-corrected chi connectivity index (χ2v) is 11.3. The second kappa shape index (κ2) is 12.4. The van der Waals surface area contributed by atoms with Crippen LogP contribution >= 0.6 is 0 Å². The van der Waals surface area contributed by atoms with Gasteiger partial charge in [0.05, 0.1) is 0 Å². The first-order valence-electron chi connectivity index (χ1n) is 14.0. The number of anilines is 1. The van der Waals surface area contributed by atoms with E-state index in [2.05, 4.69) is 27.8 Å². The Kier molecular flexibility index (Phi) is 8.43. The molecule has 0 saturated heterocycles. The first-order chi connectivity index (χ1) is 20.6. The molecule has 0 aliphatic heterocycles. The lowest BCUT2D eigenvalue weighted by atomic mass is 9.98. The Bertz CT molecular complexity index is 1600. The third-order valence-electron chi connectivity index (χ3n) is 7.05. The third kappa shape index (κ3) is 7.19. The number of amides is 2. The van der Waals surface area contributed by atoms with Crippen LogP contribution < -0.4 is 10.6 Å². The highest BCUT2D eigenvalue weighted by Gasteiger charge is 2.30. The third-order valence-corrected chi connectivity index (χ3v) is 7.05. The number of aromatic nitrogens is 1. The summed E-state index contributed by atoms with van der Waals surface area (Å²) in [6.07, 6.45) is 0.264. The smallest absolute Gasteiger partial charge is 0.413 e. The molecule has 43 heavy (non-hydrogen) atoms. The van der Waals surface area contributed by atoms with E-state index in [0.29, 0.717) is 5.82 Å². The van der Waals surface area contributed by atoms with Crippen molar-refractivity contribution in [2.45, 2.75) is 44.8 Å². The molecule has 1 heterocycles. The molecule has 1 atom stereocenters. The molecule has 0 unspecified atom stereocenters. The Morgan fingerprint density at radius 2 is 1.49 bits per heavy atom. The zero-order chi connectivity index (χ0) is 30.6. The van der Waals surface area contributed by atoms with E-state index in [9.17, 15) is 19.5 Å². The number of hydrogen-bond acceptors (Lipinski definition) is 6. The van der Waals surface area contributed by atoms with E-state index in [4.69, 9.17) is 9.47 Å². The number of carboxylic acid groups (broad SMARTS) is 1. The monoisotopic (exact) mass is 579 g/mol. The summed E-state index contributed by atoms with van der Waals surface area (Å²) >= 11 is 0. The first kappa shape index (κ1) is 29.3. The summed E-state index contributed by atoms with van der Waals surface area (Å²) in [4.78, 5) is 41.0. The molecule has 9 nitrogen and oxygen atoms in total. The SMILES string of the molecule is CC(C)(C)OC(=O)Nc1cc(-c2ccc(C[C@H](NC(=O)OCC3c4ccccc4-c4ccccc43)C(=O)O)cc2)ccn1. The number of alkyl carbamates (subject to hydrolysis) is 1. The topological polar surface area (TPSA) is 127 Å². The van der Waals surface area contributed by atoms with Crippen molar-refractivity contribution < 1.29 is 29.0 Å². The number of rotatable bonds is 8. The Morgan fingerprint density at radius 3 is 2.09 bits per heavy atom. The Labute approximate surface area is 249 Å². The van der Waals surface area contributed by atoms with E-state index in [0.717, 1.165) is 38.9 Å². The molecule has 2 amide bonds. The van der Waals surface area contributed by atoms with Crippen LogP contribution in [0.1, 0.15) is 43.4 Å². The minimum Gasteiger partial charge on any atom is -0.480 e. The number of carboxylic acids is 1. The van der Waals surface area contributed by atoms with Gasteiger partial charge in [-0.25, -0.2) is 19.4 Å². The lowest BCUT2D eigenvalue weighted by Gasteiger charge is -2.19. The van der Waals surface area contributed by atoms with Gasteiger partial charge in [0.25, 0.3) is 0 Å². The van der Waals surface area contributed by atoms with Crippen LogP contribution in [0.4, 0.5) is 15.4 Å². The van der Waals surface area contributed by atoms with E-state index < -0.39 is 29.8 Å². The van der Waals surface area contributed by atoms with Gasteiger partial charge in [-0.2, -0.15) is 0 Å². The van der Waals surface area contributed by atoms with Crippen LogP contribution in [-0.2, 0) is 20.7 Å². The Hall–Kier alpha value is -5.18. The molecule has 0 saturated carbocycles. The number of fused-ring (bicyclic) bond motifs is 3. The number of carbonyl (C=O) groups is 3. The zero-order valence-electron chi connectivity index (χ0n) is 24.2. The largest absolute Gasteiger partial charge is 0.480 e. The van der Waals surface area contributed by atoms with Crippen LogP contribution in [0.25, 0.3) is 22.3 Å². The standard InChI is InChI=1S/C34H33N3O6/c1-34(2,3)43-33(41)37-30-19-23(16-17-35-30)22-14-12-21(13-15-22)18-29(31(38)39)36-32(40)42-20-28-26-10-6-4-8-24(26)25-9-5-7-11-27(25)28/h4-17,19,28-29H,18,20H2,1-3H3,(H,36,40)(H,38,39)(H,35,37,41)/t29-/m0/s1. The summed E-state index contributed by atoms with van der Waals surface area (Å²) in [7, 11) is 0.